The lowest BCUT2D eigenvalue weighted by Crippen LogP contribution is -2.04. The van der Waals surface area contributed by atoms with Crippen LogP contribution in [0.5, 0.6) is 5.75 Å². The normalized spacial score (nSPS) is 9.21. The number of nitriles is 1. The Labute approximate surface area is 81.4 Å². The first-order valence-electron chi connectivity index (χ1n) is 3.92. The van der Waals surface area contributed by atoms with E-state index < -0.39 is 5.97 Å². The summed E-state index contributed by atoms with van der Waals surface area (Å²) in [5.74, 6) is -0.639. The molecule has 0 aliphatic heterocycles. The van der Waals surface area contributed by atoms with Gasteiger partial charge in [-0.15, -0.1) is 0 Å². The van der Waals surface area contributed by atoms with E-state index in [-0.39, 0.29) is 16.9 Å². The number of ether oxygens (including phenoxy) is 1. The van der Waals surface area contributed by atoms with Crippen LogP contribution in [-0.2, 0) is 4.74 Å². The second-order valence-corrected chi connectivity index (χ2v) is 2.77. The van der Waals surface area contributed by atoms with Gasteiger partial charge in [-0.1, -0.05) is 0 Å². The minimum absolute atomic E-state index is 0.0792. The topological polar surface area (TPSA) is 70.3 Å². The van der Waals surface area contributed by atoms with Gasteiger partial charge in [0.25, 0.3) is 0 Å². The summed E-state index contributed by atoms with van der Waals surface area (Å²) in [4.78, 5) is 11.2. The summed E-state index contributed by atoms with van der Waals surface area (Å²) < 4.78 is 4.51. The largest absolute Gasteiger partial charge is 0.508 e. The zero-order valence-corrected chi connectivity index (χ0v) is 7.87. The molecule has 0 aliphatic carbocycles. The fourth-order valence-electron chi connectivity index (χ4n) is 1.09. The Hall–Kier alpha value is -2.02. The van der Waals surface area contributed by atoms with Gasteiger partial charge in [0.1, 0.15) is 5.75 Å². The summed E-state index contributed by atoms with van der Waals surface area (Å²) in [5.41, 5.74) is 0.855. The number of hydrogen-bond acceptors (Lipinski definition) is 4. The molecular weight excluding hydrogens is 182 g/mol. The van der Waals surface area contributed by atoms with Crippen LogP contribution in [0.2, 0.25) is 0 Å². The highest BCUT2D eigenvalue weighted by Gasteiger charge is 2.13. The molecule has 0 aromatic heterocycles. The monoisotopic (exact) mass is 191 g/mol. The van der Waals surface area contributed by atoms with Crippen molar-refractivity contribution in [3.05, 3.63) is 28.8 Å². The average Bonchev–Trinajstić information content (AvgIpc) is 2.20. The number of phenols is 1. The second-order valence-electron chi connectivity index (χ2n) is 2.77. The molecule has 0 atom stereocenters. The number of methoxy groups -OCH3 is 1. The van der Waals surface area contributed by atoms with Gasteiger partial charge in [-0.2, -0.15) is 5.26 Å². The quantitative estimate of drug-likeness (QED) is 0.680. The Balaban J connectivity index is 3.36. The van der Waals surface area contributed by atoms with Gasteiger partial charge in [0.15, 0.2) is 0 Å². The third kappa shape index (κ3) is 1.67. The van der Waals surface area contributed by atoms with Gasteiger partial charge >= 0.3 is 5.97 Å². The highest BCUT2D eigenvalue weighted by molar-refractivity contribution is 5.92. The van der Waals surface area contributed by atoms with Crippen LogP contribution in [0.4, 0.5) is 0 Å². The van der Waals surface area contributed by atoms with E-state index in [4.69, 9.17) is 5.26 Å². The van der Waals surface area contributed by atoms with Crippen molar-refractivity contribution < 1.29 is 14.6 Å². The van der Waals surface area contributed by atoms with Crippen molar-refractivity contribution in [2.24, 2.45) is 0 Å². The Morgan fingerprint density at radius 3 is 2.71 bits per heavy atom. The highest BCUT2D eigenvalue weighted by atomic mass is 16.5. The molecule has 0 spiro atoms. The van der Waals surface area contributed by atoms with Crippen LogP contribution >= 0.6 is 0 Å². The fraction of sp³-hybridized carbons (Fsp3) is 0.200. The van der Waals surface area contributed by atoms with Gasteiger partial charge in [0.2, 0.25) is 0 Å². The first kappa shape index (κ1) is 10.1. The molecule has 0 bridgehead atoms. The molecule has 1 aromatic carbocycles. The van der Waals surface area contributed by atoms with Crippen LogP contribution in [0.1, 0.15) is 21.5 Å². The van der Waals surface area contributed by atoms with E-state index in [0.29, 0.717) is 5.56 Å². The van der Waals surface area contributed by atoms with Crippen molar-refractivity contribution in [2.45, 2.75) is 6.92 Å². The minimum Gasteiger partial charge on any atom is -0.508 e. The van der Waals surface area contributed by atoms with E-state index in [0.717, 1.165) is 0 Å². The summed E-state index contributed by atoms with van der Waals surface area (Å²) in [6, 6.07) is 4.54. The number of esters is 1. The van der Waals surface area contributed by atoms with Crippen molar-refractivity contribution in [2.75, 3.05) is 7.11 Å². The molecule has 0 saturated heterocycles. The number of aromatic hydroxyl groups is 1. The predicted molar refractivity (Wildman–Crippen MR) is 48.9 cm³/mol. The zero-order chi connectivity index (χ0) is 10.7. The number of phenolic OH excluding ortho intramolecular Hbond substituents is 1. The first-order chi connectivity index (χ1) is 6.60. The van der Waals surface area contributed by atoms with Crippen molar-refractivity contribution in [1.82, 2.24) is 0 Å². The van der Waals surface area contributed by atoms with Crippen LogP contribution in [0.25, 0.3) is 0 Å². The third-order valence-electron chi connectivity index (χ3n) is 1.91. The Bertz CT molecular complexity index is 418. The van der Waals surface area contributed by atoms with Gasteiger partial charge < -0.3 is 9.84 Å². The third-order valence-corrected chi connectivity index (χ3v) is 1.91. The molecule has 0 amide bonds. The van der Waals surface area contributed by atoms with Crippen molar-refractivity contribution in [3.63, 3.8) is 0 Å². The molecule has 72 valence electrons. The number of rotatable bonds is 1. The van der Waals surface area contributed by atoms with Crippen LogP contribution in [0, 0.1) is 18.3 Å². The van der Waals surface area contributed by atoms with Crippen LogP contribution in [-0.4, -0.2) is 18.2 Å². The van der Waals surface area contributed by atoms with E-state index in [1.807, 2.05) is 6.07 Å². The molecule has 0 heterocycles. The van der Waals surface area contributed by atoms with E-state index in [1.165, 1.54) is 19.2 Å². The zero-order valence-electron chi connectivity index (χ0n) is 7.87. The lowest BCUT2D eigenvalue weighted by atomic mass is 10.0. The van der Waals surface area contributed by atoms with Crippen molar-refractivity contribution >= 4 is 5.97 Å². The summed E-state index contributed by atoms with van der Waals surface area (Å²) >= 11 is 0. The lowest BCUT2D eigenvalue weighted by molar-refractivity contribution is 0.0599. The molecule has 0 unspecified atom stereocenters. The average molecular weight is 191 g/mol. The molecule has 0 saturated carbocycles. The van der Waals surface area contributed by atoms with Gasteiger partial charge in [-0.25, -0.2) is 4.79 Å². The number of carbonyl (C=O) groups is 1. The highest BCUT2D eigenvalue weighted by Crippen LogP contribution is 2.22. The molecule has 0 fully saturated rings. The molecule has 0 aliphatic rings. The number of nitrogens with zero attached hydrogens (tertiary/aromatic N) is 1. The minimum atomic E-state index is -0.560. The maximum absolute atomic E-state index is 11.2. The number of carbonyl (C=O) groups excluding carboxylic acids is 1. The maximum Gasteiger partial charge on any atom is 0.338 e. The summed E-state index contributed by atoms with van der Waals surface area (Å²) in [5, 5.41) is 18.0. The van der Waals surface area contributed by atoms with Crippen molar-refractivity contribution in [3.8, 4) is 11.8 Å². The molecule has 0 radical (unpaired) electrons. The van der Waals surface area contributed by atoms with E-state index in [2.05, 4.69) is 4.74 Å². The molecule has 14 heavy (non-hydrogen) atoms. The van der Waals surface area contributed by atoms with Gasteiger partial charge in [0, 0.05) is 5.56 Å². The smallest absolute Gasteiger partial charge is 0.338 e. The van der Waals surface area contributed by atoms with Crippen LogP contribution < -0.4 is 0 Å². The lowest BCUT2D eigenvalue weighted by Gasteiger charge is -2.05. The molecular formula is C10H9NO3. The predicted octanol–water partition coefficient (Wildman–Crippen LogP) is 1.36. The SMILES string of the molecule is COC(=O)c1cc(C#N)cc(O)c1C. The molecule has 4 nitrogen and oxygen atoms in total. The second kappa shape index (κ2) is 3.79. The Morgan fingerprint density at radius 1 is 1.57 bits per heavy atom. The van der Waals surface area contributed by atoms with Crippen LogP contribution in [0.15, 0.2) is 12.1 Å². The van der Waals surface area contributed by atoms with Gasteiger partial charge in [-0.3, -0.25) is 0 Å². The Morgan fingerprint density at radius 2 is 2.21 bits per heavy atom. The molecule has 4 heteroatoms. The van der Waals surface area contributed by atoms with E-state index in [9.17, 15) is 9.90 Å². The maximum atomic E-state index is 11.2. The van der Waals surface area contributed by atoms with Crippen molar-refractivity contribution in [1.29, 1.82) is 5.26 Å². The number of benzene rings is 1. The van der Waals surface area contributed by atoms with E-state index in [1.54, 1.807) is 6.92 Å². The molecule has 1 aromatic rings. The standard InChI is InChI=1S/C10H9NO3/c1-6-8(10(13)14-2)3-7(5-11)4-9(6)12/h3-4,12H,1-2H3. The summed E-state index contributed by atoms with van der Waals surface area (Å²) in [6.07, 6.45) is 0. The number of hydrogen-bond donors (Lipinski definition) is 1. The molecule has 1 N–H and O–H groups in total. The summed E-state index contributed by atoms with van der Waals surface area (Å²) in [6.45, 7) is 1.59. The fourth-order valence-corrected chi connectivity index (χ4v) is 1.09. The van der Waals surface area contributed by atoms with Gasteiger partial charge in [-0.05, 0) is 19.1 Å². The van der Waals surface area contributed by atoms with Gasteiger partial charge in [0.05, 0.1) is 24.3 Å². The van der Waals surface area contributed by atoms with Crippen LogP contribution in [0.3, 0.4) is 0 Å². The van der Waals surface area contributed by atoms with E-state index >= 15 is 0 Å². The first-order valence-corrected chi connectivity index (χ1v) is 3.92. The molecule has 1 rings (SSSR count). The Kier molecular flexibility index (Phi) is 2.73. The summed E-state index contributed by atoms with van der Waals surface area (Å²) in [7, 11) is 1.25.